The van der Waals surface area contributed by atoms with Gasteiger partial charge in [-0.05, 0) is 28.7 Å². The standard InChI is InChI=1S/C22H25NO5/c1-3-4-13-27-28-21(24)14-23(2)22(25)26-15-20-18-11-7-5-9-16(18)17-10-6-8-12-19(17)20/h5-12,20H,3-4,13-15H2,1-2H3. The van der Waals surface area contributed by atoms with E-state index >= 15 is 0 Å². The molecular formula is C22H25NO5. The monoisotopic (exact) mass is 383 g/mol. The van der Waals surface area contributed by atoms with Crippen LogP contribution >= 0.6 is 0 Å². The Balaban J connectivity index is 1.55. The maximum atomic E-state index is 12.3. The Kier molecular flexibility index (Phi) is 6.66. The van der Waals surface area contributed by atoms with Crippen LogP contribution in [0.1, 0.15) is 36.8 Å². The molecule has 0 heterocycles. The van der Waals surface area contributed by atoms with Crippen LogP contribution in [0.4, 0.5) is 4.79 Å². The average Bonchev–Trinajstić information content (AvgIpc) is 3.03. The first-order valence-electron chi connectivity index (χ1n) is 9.50. The van der Waals surface area contributed by atoms with E-state index in [1.807, 2.05) is 31.2 Å². The number of hydrogen-bond donors (Lipinski definition) is 0. The highest BCUT2D eigenvalue weighted by Crippen LogP contribution is 2.44. The normalized spacial score (nSPS) is 12.2. The van der Waals surface area contributed by atoms with Crippen LogP contribution in [-0.4, -0.2) is 43.8 Å². The van der Waals surface area contributed by atoms with Gasteiger partial charge in [0.05, 0.1) is 6.61 Å². The molecule has 6 nitrogen and oxygen atoms in total. The minimum Gasteiger partial charge on any atom is -0.448 e. The minimum absolute atomic E-state index is 0.0194. The van der Waals surface area contributed by atoms with Gasteiger partial charge in [0, 0.05) is 13.0 Å². The van der Waals surface area contributed by atoms with Crippen LogP contribution in [0.5, 0.6) is 0 Å². The molecular weight excluding hydrogens is 358 g/mol. The third kappa shape index (κ3) is 4.51. The number of rotatable bonds is 8. The summed E-state index contributed by atoms with van der Waals surface area (Å²) in [7, 11) is 1.49. The van der Waals surface area contributed by atoms with Crippen LogP contribution in [0.3, 0.4) is 0 Å². The Morgan fingerprint density at radius 3 is 2.21 bits per heavy atom. The molecule has 0 saturated heterocycles. The molecule has 2 aromatic carbocycles. The smallest absolute Gasteiger partial charge is 0.410 e. The van der Waals surface area contributed by atoms with Gasteiger partial charge < -0.3 is 9.64 Å². The van der Waals surface area contributed by atoms with Crippen molar-refractivity contribution in [2.24, 2.45) is 0 Å². The fourth-order valence-electron chi connectivity index (χ4n) is 3.30. The summed E-state index contributed by atoms with van der Waals surface area (Å²) in [4.78, 5) is 34.6. The van der Waals surface area contributed by atoms with E-state index in [0.717, 1.165) is 24.0 Å². The van der Waals surface area contributed by atoms with E-state index in [2.05, 4.69) is 29.2 Å². The molecule has 2 aromatic rings. The highest BCUT2D eigenvalue weighted by atomic mass is 17.2. The molecule has 0 fully saturated rings. The van der Waals surface area contributed by atoms with E-state index in [0.29, 0.717) is 6.61 Å². The van der Waals surface area contributed by atoms with Crippen molar-refractivity contribution in [2.45, 2.75) is 25.7 Å². The zero-order valence-electron chi connectivity index (χ0n) is 16.2. The first kappa shape index (κ1) is 19.9. The van der Waals surface area contributed by atoms with Crippen molar-refractivity contribution in [3.63, 3.8) is 0 Å². The van der Waals surface area contributed by atoms with Crippen LogP contribution in [0, 0.1) is 0 Å². The van der Waals surface area contributed by atoms with Crippen LogP contribution in [-0.2, 0) is 19.3 Å². The molecule has 0 saturated carbocycles. The molecule has 0 spiro atoms. The molecule has 0 aromatic heterocycles. The number of carbonyl (C=O) groups excluding carboxylic acids is 2. The first-order valence-corrected chi connectivity index (χ1v) is 9.50. The second kappa shape index (κ2) is 9.37. The lowest BCUT2D eigenvalue weighted by atomic mass is 9.98. The van der Waals surface area contributed by atoms with Gasteiger partial charge in [0.15, 0.2) is 0 Å². The Labute approximate surface area is 164 Å². The number of benzene rings is 2. The summed E-state index contributed by atoms with van der Waals surface area (Å²) < 4.78 is 5.48. The topological polar surface area (TPSA) is 65.1 Å². The van der Waals surface area contributed by atoms with E-state index in [4.69, 9.17) is 9.62 Å². The Hall–Kier alpha value is -2.86. The molecule has 3 rings (SSSR count). The minimum atomic E-state index is -0.632. The highest BCUT2D eigenvalue weighted by Gasteiger charge is 2.29. The number of unbranched alkanes of at least 4 members (excludes halogenated alkanes) is 1. The third-order valence-corrected chi connectivity index (χ3v) is 4.75. The fourth-order valence-corrected chi connectivity index (χ4v) is 3.30. The first-order chi connectivity index (χ1) is 13.6. The van der Waals surface area contributed by atoms with E-state index in [-0.39, 0.29) is 19.1 Å². The van der Waals surface area contributed by atoms with Crippen LogP contribution in [0.15, 0.2) is 48.5 Å². The average molecular weight is 383 g/mol. The Bertz CT molecular complexity index is 790. The largest absolute Gasteiger partial charge is 0.448 e. The molecule has 1 aliphatic carbocycles. The van der Waals surface area contributed by atoms with Gasteiger partial charge in [0.2, 0.25) is 0 Å². The maximum absolute atomic E-state index is 12.3. The SMILES string of the molecule is CCCCOOC(=O)CN(C)C(=O)OCC1c2ccccc2-c2ccccc21. The van der Waals surface area contributed by atoms with Crippen LogP contribution in [0.2, 0.25) is 0 Å². The molecule has 148 valence electrons. The summed E-state index contributed by atoms with van der Waals surface area (Å²) in [6.07, 6.45) is 1.17. The van der Waals surface area contributed by atoms with Crippen molar-refractivity contribution < 1.29 is 24.1 Å². The number of amides is 1. The van der Waals surface area contributed by atoms with Gasteiger partial charge in [0.1, 0.15) is 13.2 Å². The molecule has 0 N–H and O–H groups in total. The van der Waals surface area contributed by atoms with E-state index in [1.165, 1.54) is 23.1 Å². The zero-order chi connectivity index (χ0) is 19.9. The van der Waals surface area contributed by atoms with Crippen molar-refractivity contribution in [3.8, 4) is 11.1 Å². The maximum Gasteiger partial charge on any atom is 0.410 e. The fraction of sp³-hybridized carbons (Fsp3) is 0.364. The highest BCUT2D eigenvalue weighted by molar-refractivity contribution is 5.80. The quantitative estimate of drug-likeness (QED) is 0.389. The zero-order valence-corrected chi connectivity index (χ0v) is 16.2. The molecule has 0 unspecified atom stereocenters. The summed E-state index contributed by atoms with van der Waals surface area (Å²) in [5.41, 5.74) is 4.62. The van der Waals surface area contributed by atoms with E-state index < -0.39 is 12.1 Å². The summed E-state index contributed by atoms with van der Waals surface area (Å²) in [5, 5.41) is 0. The molecule has 6 heteroatoms. The predicted molar refractivity (Wildman–Crippen MR) is 105 cm³/mol. The lowest BCUT2D eigenvalue weighted by Crippen LogP contribution is -2.34. The van der Waals surface area contributed by atoms with Crippen LogP contribution in [0.25, 0.3) is 11.1 Å². The Morgan fingerprint density at radius 1 is 1.00 bits per heavy atom. The number of ether oxygens (including phenoxy) is 1. The van der Waals surface area contributed by atoms with Gasteiger partial charge >= 0.3 is 12.1 Å². The summed E-state index contributed by atoms with van der Waals surface area (Å²) >= 11 is 0. The van der Waals surface area contributed by atoms with Crippen molar-refractivity contribution in [1.29, 1.82) is 0 Å². The molecule has 1 aliphatic rings. The summed E-state index contributed by atoms with van der Waals surface area (Å²) in [6, 6.07) is 16.3. The second-order valence-corrected chi connectivity index (χ2v) is 6.79. The third-order valence-electron chi connectivity index (χ3n) is 4.75. The number of likely N-dealkylation sites (N-methyl/N-ethyl adjacent to an activating group) is 1. The molecule has 0 bridgehead atoms. The molecule has 0 radical (unpaired) electrons. The van der Waals surface area contributed by atoms with E-state index in [1.54, 1.807) is 0 Å². The number of nitrogens with zero attached hydrogens (tertiary/aromatic N) is 1. The van der Waals surface area contributed by atoms with Crippen molar-refractivity contribution in [2.75, 3.05) is 26.8 Å². The predicted octanol–water partition coefficient (Wildman–Crippen LogP) is 4.14. The summed E-state index contributed by atoms with van der Waals surface area (Å²) in [5.74, 6) is -0.652. The second-order valence-electron chi connectivity index (χ2n) is 6.79. The van der Waals surface area contributed by atoms with E-state index in [9.17, 15) is 9.59 Å². The number of carbonyl (C=O) groups is 2. The van der Waals surface area contributed by atoms with Gasteiger partial charge in [0.25, 0.3) is 0 Å². The van der Waals surface area contributed by atoms with Gasteiger partial charge in [-0.3, -0.25) is 4.89 Å². The number of hydrogen-bond acceptors (Lipinski definition) is 5. The van der Waals surface area contributed by atoms with Gasteiger partial charge in [-0.25, -0.2) is 9.59 Å². The van der Waals surface area contributed by atoms with Crippen molar-refractivity contribution >= 4 is 12.1 Å². The molecule has 0 aliphatic heterocycles. The lowest BCUT2D eigenvalue weighted by Gasteiger charge is -2.18. The van der Waals surface area contributed by atoms with Crippen molar-refractivity contribution in [1.82, 2.24) is 4.90 Å². The van der Waals surface area contributed by atoms with Gasteiger partial charge in [-0.1, -0.05) is 61.9 Å². The van der Waals surface area contributed by atoms with Crippen LogP contribution < -0.4 is 0 Å². The molecule has 0 atom stereocenters. The lowest BCUT2D eigenvalue weighted by molar-refractivity contribution is -0.272. The Morgan fingerprint density at radius 2 is 1.61 bits per heavy atom. The molecule has 28 heavy (non-hydrogen) atoms. The molecule has 1 amide bonds. The van der Waals surface area contributed by atoms with Crippen molar-refractivity contribution in [3.05, 3.63) is 59.7 Å². The number of fused-ring (bicyclic) bond motifs is 3. The summed E-state index contributed by atoms with van der Waals surface area (Å²) in [6.45, 7) is 2.33. The van der Waals surface area contributed by atoms with Gasteiger partial charge in [-0.15, -0.1) is 0 Å². The van der Waals surface area contributed by atoms with Gasteiger partial charge in [-0.2, -0.15) is 4.89 Å².